The second-order valence-corrected chi connectivity index (χ2v) is 8.01. The fraction of sp³-hybridized carbons (Fsp3) is 0.174. The molecule has 2 aromatic carbocycles. The van der Waals surface area contributed by atoms with Crippen molar-refractivity contribution in [1.82, 2.24) is 14.5 Å². The summed E-state index contributed by atoms with van der Waals surface area (Å²) in [5.74, 6) is 1.55. The molecule has 0 radical (unpaired) electrons. The van der Waals surface area contributed by atoms with Gasteiger partial charge in [0.25, 0.3) is 5.56 Å². The van der Waals surface area contributed by atoms with E-state index in [0.29, 0.717) is 45.2 Å². The van der Waals surface area contributed by atoms with E-state index in [4.69, 9.17) is 43.1 Å². The predicted molar refractivity (Wildman–Crippen MR) is 134 cm³/mol. The van der Waals surface area contributed by atoms with Crippen molar-refractivity contribution in [3.05, 3.63) is 56.9 Å². The van der Waals surface area contributed by atoms with Gasteiger partial charge in [-0.1, -0.05) is 23.2 Å². The summed E-state index contributed by atoms with van der Waals surface area (Å²) in [5.41, 5.74) is 7.73. The summed E-state index contributed by atoms with van der Waals surface area (Å²) in [7, 11) is 6.10. The first-order valence-electron chi connectivity index (χ1n) is 9.96. The van der Waals surface area contributed by atoms with Crippen LogP contribution in [0.5, 0.6) is 17.2 Å². The molecule has 34 heavy (non-hydrogen) atoms. The molecule has 0 saturated heterocycles. The SMILES string of the molecule is COc1ccc(Nc2ncc3cc(-c4c(Cl)c(OC)cc(OC)c4Cl)c(=O)n(C)c3n2)c(N)c1. The molecular formula is C23H21Cl2N5O4. The van der Waals surface area contributed by atoms with Crippen LogP contribution in [-0.2, 0) is 7.05 Å². The van der Waals surface area contributed by atoms with Crippen LogP contribution in [0.1, 0.15) is 0 Å². The van der Waals surface area contributed by atoms with E-state index in [1.54, 1.807) is 50.7 Å². The van der Waals surface area contributed by atoms with E-state index in [1.165, 1.54) is 18.8 Å². The van der Waals surface area contributed by atoms with Gasteiger partial charge in [0, 0.05) is 36.3 Å². The fourth-order valence-electron chi connectivity index (χ4n) is 3.51. The Morgan fingerprint density at radius 3 is 2.26 bits per heavy atom. The summed E-state index contributed by atoms with van der Waals surface area (Å²) in [6.07, 6.45) is 1.59. The Labute approximate surface area is 205 Å². The maximum absolute atomic E-state index is 13.3. The second-order valence-electron chi connectivity index (χ2n) is 7.26. The predicted octanol–water partition coefficient (Wildman–Crippen LogP) is 4.65. The third-order valence-electron chi connectivity index (χ3n) is 5.30. The summed E-state index contributed by atoms with van der Waals surface area (Å²) in [4.78, 5) is 22.2. The van der Waals surface area contributed by atoms with Crippen molar-refractivity contribution in [2.45, 2.75) is 0 Å². The number of rotatable bonds is 6. The van der Waals surface area contributed by atoms with E-state index >= 15 is 0 Å². The zero-order valence-corrected chi connectivity index (χ0v) is 20.3. The van der Waals surface area contributed by atoms with Crippen LogP contribution in [0.2, 0.25) is 10.0 Å². The summed E-state index contributed by atoms with van der Waals surface area (Å²) in [6.45, 7) is 0. The number of nitrogens with two attached hydrogens (primary N) is 1. The normalized spacial score (nSPS) is 10.9. The first-order valence-corrected chi connectivity index (χ1v) is 10.7. The van der Waals surface area contributed by atoms with Gasteiger partial charge in [-0.2, -0.15) is 4.98 Å². The second kappa shape index (κ2) is 9.28. The zero-order valence-electron chi connectivity index (χ0n) is 18.8. The summed E-state index contributed by atoms with van der Waals surface area (Å²) >= 11 is 13.1. The topological polar surface area (TPSA) is 114 Å². The lowest BCUT2D eigenvalue weighted by Gasteiger charge is -2.16. The highest BCUT2D eigenvalue weighted by Crippen LogP contribution is 2.45. The van der Waals surface area contributed by atoms with Crippen molar-refractivity contribution in [3.63, 3.8) is 0 Å². The van der Waals surface area contributed by atoms with Crippen LogP contribution in [-0.4, -0.2) is 35.9 Å². The third-order valence-corrected chi connectivity index (χ3v) is 6.05. The number of ether oxygens (including phenoxy) is 3. The molecule has 0 bridgehead atoms. The van der Waals surface area contributed by atoms with Crippen molar-refractivity contribution < 1.29 is 14.2 Å². The molecule has 0 fully saturated rings. The summed E-state index contributed by atoms with van der Waals surface area (Å²) in [6, 6.07) is 8.39. The number of aromatic nitrogens is 3. The highest BCUT2D eigenvalue weighted by molar-refractivity contribution is 6.41. The van der Waals surface area contributed by atoms with Gasteiger partial charge in [0.2, 0.25) is 5.95 Å². The highest BCUT2D eigenvalue weighted by Gasteiger charge is 2.22. The minimum Gasteiger partial charge on any atom is -0.497 e. The van der Waals surface area contributed by atoms with Crippen LogP contribution < -0.4 is 30.8 Å². The fourth-order valence-corrected chi connectivity index (χ4v) is 4.21. The molecule has 0 aliphatic rings. The Bertz CT molecular complexity index is 1440. The molecular weight excluding hydrogens is 481 g/mol. The van der Waals surface area contributed by atoms with E-state index in [0.717, 1.165) is 0 Å². The molecule has 0 amide bonds. The zero-order chi connectivity index (χ0) is 24.6. The van der Waals surface area contributed by atoms with Crippen LogP contribution >= 0.6 is 23.2 Å². The number of nitrogens with zero attached hydrogens (tertiary/aromatic N) is 3. The van der Waals surface area contributed by atoms with Crippen molar-refractivity contribution >= 4 is 51.6 Å². The Morgan fingerprint density at radius 1 is 1.00 bits per heavy atom. The highest BCUT2D eigenvalue weighted by atomic mass is 35.5. The van der Waals surface area contributed by atoms with Gasteiger partial charge in [-0.3, -0.25) is 9.36 Å². The maximum atomic E-state index is 13.3. The Kier molecular flexibility index (Phi) is 6.41. The molecule has 176 valence electrons. The van der Waals surface area contributed by atoms with Gasteiger partial charge in [0.05, 0.1) is 48.3 Å². The molecule has 0 aliphatic heterocycles. The van der Waals surface area contributed by atoms with Crippen LogP contribution in [0.15, 0.2) is 41.3 Å². The number of fused-ring (bicyclic) bond motifs is 1. The largest absolute Gasteiger partial charge is 0.497 e. The molecule has 2 aromatic heterocycles. The standard InChI is InChI=1S/C23H21Cl2N5O4/c1-30-21-11(10-27-23(29-21)28-15-6-5-12(32-2)8-14(15)26)7-13(22(30)31)18-19(24)16(33-3)9-17(34-4)20(18)25/h5-10H,26H2,1-4H3,(H,27,28,29). The lowest BCUT2D eigenvalue weighted by molar-refractivity contribution is 0.395. The average molecular weight is 502 g/mol. The number of methoxy groups -OCH3 is 3. The number of benzene rings is 2. The number of nitrogen functional groups attached to an aromatic ring is 1. The molecule has 11 heteroatoms. The van der Waals surface area contributed by atoms with Crippen molar-refractivity contribution in [2.75, 3.05) is 32.4 Å². The molecule has 4 rings (SSSR count). The van der Waals surface area contributed by atoms with Gasteiger partial charge >= 0.3 is 0 Å². The van der Waals surface area contributed by atoms with E-state index in [2.05, 4.69) is 15.3 Å². The smallest absolute Gasteiger partial charge is 0.259 e. The molecule has 4 aromatic rings. The van der Waals surface area contributed by atoms with Gasteiger partial charge in [-0.15, -0.1) is 0 Å². The number of hydrogen-bond donors (Lipinski definition) is 2. The Hall–Kier alpha value is -3.69. The van der Waals surface area contributed by atoms with E-state index in [9.17, 15) is 4.79 Å². The van der Waals surface area contributed by atoms with E-state index in [-0.39, 0.29) is 27.1 Å². The van der Waals surface area contributed by atoms with Crippen LogP contribution in [0.3, 0.4) is 0 Å². The van der Waals surface area contributed by atoms with Gasteiger partial charge < -0.3 is 25.3 Å². The molecule has 0 saturated carbocycles. The number of halogens is 2. The lowest BCUT2D eigenvalue weighted by atomic mass is 10.0. The molecule has 0 spiro atoms. The first-order chi connectivity index (χ1) is 16.3. The maximum Gasteiger partial charge on any atom is 0.259 e. The number of hydrogen-bond acceptors (Lipinski definition) is 8. The number of nitrogens with one attached hydrogen (secondary N) is 1. The Balaban J connectivity index is 1.84. The molecule has 0 unspecified atom stereocenters. The van der Waals surface area contributed by atoms with Crippen molar-refractivity contribution in [2.24, 2.45) is 7.05 Å². The van der Waals surface area contributed by atoms with E-state index < -0.39 is 0 Å². The average Bonchev–Trinajstić information content (AvgIpc) is 2.84. The Morgan fingerprint density at radius 2 is 1.68 bits per heavy atom. The van der Waals surface area contributed by atoms with Gasteiger partial charge in [-0.25, -0.2) is 4.98 Å². The molecule has 9 nitrogen and oxygen atoms in total. The van der Waals surface area contributed by atoms with E-state index in [1.807, 2.05) is 0 Å². The summed E-state index contributed by atoms with van der Waals surface area (Å²) < 4.78 is 17.2. The molecule has 3 N–H and O–H groups in total. The van der Waals surface area contributed by atoms with Gasteiger partial charge in [-0.05, 0) is 18.2 Å². The minimum atomic E-state index is -0.361. The quantitative estimate of drug-likeness (QED) is 0.366. The number of aryl methyl sites for hydroxylation is 1. The van der Waals surface area contributed by atoms with Crippen LogP contribution in [0, 0.1) is 0 Å². The van der Waals surface area contributed by atoms with Gasteiger partial charge in [0.15, 0.2) is 0 Å². The molecule has 2 heterocycles. The minimum absolute atomic E-state index is 0.193. The number of anilines is 3. The van der Waals surface area contributed by atoms with Crippen molar-refractivity contribution in [1.29, 1.82) is 0 Å². The van der Waals surface area contributed by atoms with Crippen LogP contribution in [0.4, 0.5) is 17.3 Å². The molecule has 0 atom stereocenters. The monoisotopic (exact) mass is 501 g/mol. The molecule has 0 aliphatic carbocycles. The van der Waals surface area contributed by atoms with Crippen molar-refractivity contribution in [3.8, 4) is 28.4 Å². The van der Waals surface area contributed by atoms with Gasteiger partial charge in [0.1, 0.15) is 22.9 Å². The number of pyridine rings is 1. The lowest BCUT2D eigenvalue weighted by Crippen LogP contribution is -2.20. The van der Waals surface area contributed by atoms with Crippen LogP contribution in [0.25, 0.3) is 22.2 Å². The first kappa shape index (κ1) is 23.5. The summed E-state index contributed by atoms with van der Waals surface area (Å²) in [5, 5.41) is 4.05. The third kappa shape index (κ3) is 4.04.